The molecule has 1 aromatic rings. The Kier molecular flexibility index (Phi) is 10.4. The van der Waals surface area contributed by atoms with E-state index in [1.54, 1.807) is 14.2 Å². The van der Waals surface area contributed by atoms with Crippen molar-refractivity contribution in [1.29, 1.82) is 0 Å². The topological polar surface area (TPSA) is 48.9 Å². The highest BCUT2D eigenvalue weighted by Gasteiger charge is 2.18. The lowest BCUT2D eigenvalue weighted by Crippen LogP contribution is -2.47. The molecule has 0 aliphatic carbocycles. The second-order valence-electron chi connectivity index (χ2n) is 6.30. The van der Waals surface area contributed by atoms with Gasteiger partial charge >= 0.3 is 0 Å². The largest absolute Gasteiger partial charge is 0.377 e. The molecule has 5 nitrogen and oxygen atoms in total. The van der Waals surface area contributed by atoms with Gasteiger partial charge in [-0.15, -0.1) is 24.0 Å². The molecule has 0 aliphatic rings. The molecule has 0 fully saturated rings. The van der Waals surface area contributed by atoms with Gasteiger partial charge in [0, 0.05) is 27.2 Å². The number of benzene rings is 1. The molecule has 2 N–H and O–H groups in total. The molecular formula is C17H30FIN4O. The molecular weight excluding hydrogens is 422 g/mol. The van der Waals surface area contributed by atoms with Crippen LogP contribution in [0.1, 0.15) is 25.5 Å². The van der Waals surface area contributed by atoms with Crippen LogP contribution < -0.4 is 10.6 Å². The fourth-order valence-electron chi connectivity index (χ4n) is 2.07. The monoisotopic (exact) mass is 452 g/mol. The van der Waals surface area contributed by atoms with Crippen molar-refractivity contribution in [1.82, 2.24) is 15.5 Å². The normalized spacial score (nSPS) is 13.4. The van der Waals surface area contributed by atoms with E-state index in [9.17, 15) is 4.39 Å². The van der Waals surface area contributed by atoms with Gasteiger partial charge in [-0.05, 0) is 45.6 Å². The number of ether oxygens (including phenoxy) is 1. The first-order valence-corrected chi connectivity index (χ1v) is 7.70. The number of guanidine groups is 1. The molecule has 0 saturated heterocycles. The molecule has 7 heteroatoms. The SMILES string of the molecule is CN=C(NCC(c1ccc(F)cc1)N(C)C)NCC(C)(C)OC.I. The average molecular weight is 452 g/mol. The van der Waals surface area contributed by atoms with Crippen LogP contribution in [0.15, 0.2) is 29.3 Å². The Morgan fingerprint density at radius 2 is 1.83 bits per heavy atom. The Morgan fingerprint density at radius 3 is 2.29 bits per heavy atom. The van der Waals surface area contributed by atoms with Gasteiger partial charge < -0.3 is 20.3 Å². The second kappa shape index (κ2) is 10.8. The highest BCUT2D eigenvalue weighted by atomic mass is 127. The highest BCUT2D eigenvalue weighted by Crippen LogP contribution is 2.17. The second-order valence-corrected chi connectivity index (χ2v) is 6.30. The summed E-state index contributed by atoms with van der Waals surface area (Å²) in [5.74, 6) is 0.488. The lowest BCUT2D eigenvalue weighted by molar-refractivity contribution is 0.0268. The standard InChI is InChI=1S/C17H29FN4O.HI/c1-17(2,23-6)12-21-16(19-3)20-11-15(22(4)5)13-7-9-14(18)10-8-13;/h7-10,15H,11-12H2,1-6H3,(H2,19,20,21);1H. The predicted octanol–water partition coefficient (Wildman–Crippen LogP) is 2.64. The van der Waals surface area contributed by atoms with E-state index in [4.69, 9.17) is 4.74 Å². The number of hydrogen-bond donors (Lipinski definition) is 2. The average Bonchev–Trinajstić information content (AvgIpc) is 2.51. The molecule has 0 bridgehead atoms. The number of aliphatic imine (C=N–C) groups is 1. The molecule has 1 aromatic carbocycles. The van der Waals surface area contributed by atoms with E-state index in [0.29, 0.717) is 19.0 Å². The van der Waals surface area contributed by atoms with Gasteiger partial charge in [-0.1, -0.05) is 12.1 Å². The maximum absolute atomic E-state index is 13.1. The van der Waals surface area contributed by atoms with E-state index in [-0.39, 0.29) is 41.4 Å². The van der Waals surface area contributed by atoms with E-state index < -0.39 is 0 Å². The van der Waals surface area contributed by atoms with Gasteiger partial charge in [0.1, 0.15) is 5.82 Å². The quantitative estimate of drug-likeness (QED) is 0.380. The first kappa shape index (κ1) is 23.1. The van der Waals surface area contributed by atoms with Crippen LogP contribution in [-0.4, -0.2) is 57.8 Å². The third-order valence-electron chi connectivity index (χ3n) is 3.80. The Balaban J connectivity index is 0.00000529. The maximum atomic E-state index is 13.1. The fraction of sp³-hybridized carbons (Fsp3) is 0.588. The fourth-order valence-corrected chi connectivity index (χ4v) is 2.07. The summed E-state index contributed by atoms with van der Waals surface area (Å²) in [6.07, 6.45) is 0. The van der Waals surface area contributed by atoms with Crippen molar-refractivity contribution in [2.45, 2.75) is 25.5 Å². The zero-order valence-electron chi connectivity index (χ0n) is 15.4. The van der Waals surface area contributed by atoms with Crippen molar-refractivity contribution >= 4 is 29.9 Å². The van der Waals surface area contributed by atoms with E-state index in [1.165, 1.54) is 12.1 Å². The maximum Gasteiger partial charge on any atom is 0.191 e. The molecule has 1 rings (SSSR count). The molecule has 0 amide bonds. The van der Waals surface area contributed by atoms with Crippen molar-refractivity contribution < 1.29 is 9.13 Å². The van der Waals surface area contributed by atoms with Crippen molar-refractivity contribution in [3.8, 4) is 0 Å². The summed E-state index contributed by atoms with van der Waals surface area (Å²) in [5.41, 5.74) is 0.784. The minimum Gasteiger partial charge on any atom is -0.377 e. The van der Waals surface area contributed by atoms with Crippen LogP contribution in [0.25, 0.3) is 0 Å². The summed E-state index contributed by atoms with van der Waals surface area (Å²) in [6.45, 7) is 5.32. The summed E-state index contributed by atoms with van der Waals surface area (Å²) in [6, 6.07) is 6.71. The highest BCUT2D eigenvalue weighted by molar-refractivity contribution is 14.0. The summed E-state index contributed by atoms with van der Waals surface area (Å²) in [5, 5.41) is 6.56. The van der Waals surface area contributed by atoms with Crippen LogP contribution in [0.2, 0.25) is 0 Å². The molecule has 1 unspecified atom stereocenters. The predicted molar refractivity (Wildman–Crippen MR) is 109 cm³/mol. The van der Waals surface area contributed by atoms with Crippen molar-refractivity contribution in [2.24, 2.45) is 4.99 Å². The number of nitrogens with zero attached hydrogens (tertiary/aromatic N) is 2. The van der Waals surface area contributed by atoms with Gasteiger partial charge in [0.05, 0.1) is 11.6 Å². The number of methoxy groups -OCH3 is 1. The Hall–Kier alpha value is -0.930. The van der Waals surface area contributed by atoms with E-state index in [0.717, 1.165) is 5.56 Å². The number of nitrogens with one attached hydrogen (secondary N) is 2. The number of hydrogen-bond acceptors (Lipinski definition) is 3. The number of rotatable bonds is 7. The van der Waals surface area contributed by atoms with Crippen molar-refractivity contribution in [3.05, 3.63) is 35.6 Å². The Bertz CT molecular complexity index is 506. The van der Waals surface area contributed by atoms with Gasteiger partial charge in [-0.3, -0.25) is 4.99 Å². The summed E-state index contributed by atoms with van der Waals surface area (Å²) < 4.78 is 18.5. The van der Waals surface area contributed by atoms with Crippen LogP contribution >= 0.6 is 24.0 Å². The molecule has 0 aromatic heterocycles. The zero-order chi connectivity index (χ0) is 17.5. The van der Waals surface area contributed by atoms with E-state index >= 15 is 0 Å². The number of likely N-dealkylation sites (N-methyl/N-ethyl adjacent to an activating group) is 1. The first-order valence-electron chi connectivity index (χ1n) is 7.70. The molecule has 0 heterocycles. The van der Waals surface area contributed by atoms with E-state index in [2.05, 4.69) is 20.5 Å². The van der Waals surface area contributed by atoms with Crippen LogP contribution in [0.3, 0.4) is 0 Å². The summed E-state index contributed by atoms with van der Waals surface area (Å²) in [7, 11) is 7.42. The molecule has 0 radical (unpaired) electrons. The van der Waals surface area contributed by atoms with Crippen molar-refractivity contribution in [2.75, 3.05) is 41.3 Å². The van der Waals surface area contributed by atoms with Gasteiger partial charge in [0.2, 0.25) is 0 Å². The summed E-state index contributed by atoms with van der Waals surface area (Å²) >= 11 is 0. The van der Waals surface area contributed by atoms with Gasteiger partial charge in [-0.25, -0.2) is 4.39 Å². The first-order chi connectivity index (χ1) is 10.8. The van der Waals surface area contributed by atoms with Gasteiger partial charge in [0.25, 0.3) is 0 Å². The van der Waals surface area contributed by atoms with Crippen molar-refractivity contribution in [3.63, 3.8) is 0 Å². The van der Waals surface area contributed by atoms with Crippen LogP contribution in [0.4, 0.5) is 4.39 Å². The number of halogens is 2. The van der Waals surface area contributed by atoms with E-state index in [1.807, 2.05) is 40.1 Å². The summed E-state index contributed by atoms with van der Waals surface area (Å²) in [4.78, 5) is 6.31. The minimum atomic E-state index is -0.268. The van der Waals surface area contributed by atoms with Crippen LogP contribution in [0, 0.1) is 5.82 Å². The Labute approximate surface area is 162 Å². The molecule has 0 spiro atoms. The minimum absolute atomic E-state index is 0. The lowest BCUT2D eigenvalue weighted by Gasteiger charge is -2.28. The third-order valence-corrected chi connectivity index (χ3v) is 3.80. The molecule has 138 valence electrons. The lowest BCUT2D eigenvalue weighted by atomic mass is 10.1. The molecule has 0 aliphatic heterocycles. The zero-order valence-corrected chi connectivity index (χ0v) is 17.7. The molecule has 24 heavy (non-hydrogen) atoms. The van der Waals surface area contributed by atoms with Gasteiger partial charge in [-0.2, -0.15) is 0 Å². The third kappa shape index (κ3) is 7.76. The Morgan fingerprint density at radius 1 is 1.25 bits per heavy atom. The van der Waals surface area contributed by atoms with Crippen LogP contribution in [-0.2, 0) is 4.74 Å². The van der Waals surface area contributed by atoms with Gasteiger partial charge in [0.15, 0.2) is 5.96 Å². The smallest absolute Gasteiger partial charge is 0.191 e. The molecule has 0 saturated carbocycles. The molecule has 1 atom stereocenters. The van der Waals surface area contributed by atoms with Crippen LogP contribution in [0.5, 0.6) is 0 Å².